The minimum absolute atomic E-state index is 0.294. The van der Waals surface area contributed by atoms with E-state index in [0.717, 1.165) is 29.6 Å². The summed E-state index contributed by atoms with van der Waals surface area (Å²) in [6.07, 6.45) is 1.88. The van der Waals surface area contributed by atoms with Crippen LogP contribution in [0.4, 0.5) is 0 Å². The molecule has 0 bridgehead atoms. The number of hydrogen-bond donors (Lipinski definition) is 1. The van der Waals surface area contributed by atoms with Gasteiger partial charge in [0, 0.05) is 22.6 Å². The molecule has 0 saturated heterocycles. The van der Waals surface area contributed by atoms with Crippen LogP contribution < -0.4 is 5.32 Å². The molecule has 0 aliphatic carbocycles. The van der Waals surface area contributed by atoms with Gasteiger partial charge < -0.3 is 5.32 Å². The van der Waals surface area contributed by atoms with Crippen molar-refractivity contribution in [2.45, 2.75) is 39.3 Å². The van der Waals surface area contributed by atoms with Crippen molar-refractivity contribution in [1.82, 2.24) is 15.1 Å². The molecule has 114 valence electrons. The number of aromatic nitrogens is 2. The average Bonchev–Trinajstić information content (AvgIpc) is 2.80. The second kappa shape index (κ2) is 7.74. The summed E-state index contributed by atoms with van der Waals surface area (Å²) >= 11 is 6.10. The summed E-state index contributed by atoms with van der Waals surface area (Å²) in [5.41, 5.74) is 3.73. The third-order valence-corrected chi connectivity index (χ3v) is 5.28. The van der Waals surface area contributed by atoms with Crippen LogP contribution in [0.25, 0.3) is 0 Å². The lowest BCUT2D eigenvalue weighted by Gasteiger charge is -2.18. The number of benzene rings is 1. The van der Waals surface area contributed by atoms with E-state index < -0.39 is 0 Å². The molecule has 0 aliphatic rings. The van der Waals surface area contributed by atoms with Crippen LogP contribution in [0.3, 0.4) is 0 Å². The number of rotatable bonds is 6. The molecule has 1 heterocycles. The molecule has 0 fully saturated rings. The lowest BCUT2D eigenvalue weighted by molar-refractivity contribution is 0.539. The van der Waals surface area contributed by atoms with Crippen LogP contribution in [0, 0.1) is 3.57 Å². The van der Waals surface area contributed by atoms with E-state index in [0.29, 0.717) is 6.04 Å². The number of aryl methyl sites for hydroxylation is 2. The lowest BCUT2D eigenvalue weighted by Crippen LogP contribution is -2.20. The first-order valence-electron chi connectivity index (χ1n) is 7.27. The zero-order valence-corrected chi connectivity index (χ0v) is 16.4. The zero-order valence-electron chi connectivity index (χ0n) is 12.7. The van der Waals surface area contributed by atoms with E-state index in [1.165, 1.54) is 14.8 Å². The summed E-state index contributed by atoms with van der Waals surface area (Å²) in [5, 5.41) is 8.12. The van der Waals surface area contributed by atoms with Gasteiger partial charge in [-0.1, -0.05) is 19.1 Å². The van der Waals surface area contributed by atoms with Gasteiger partial charge >= 0.3 is 0 Å². The third kappa shape index (κ3) is 3.87. The second-order valence-electron chi connectivity index (χ2n) is 4.98. The van der Waals surface area contributed by atoms with Crippen molar-refractivity contribution < 1.29 is 0 Å². The Kier molecular flexibility index (Phi) is 6.25. The van der Waals surface area contributed by atoms with Gasteiger partial charge in [0.15, 0.2) is 0 Å². The summed E-state index contributed by atoms with van der Waals surface area (Å²) in [7, 11) is 2.02. The van der Waals surface area contributed by atoms with Crippen LogP contribution in [-0.2, 0) is 19.4 Å². The molecule has 0 radical (unpaired) electrons. The first-order chi connectivity index (χ1) is 10.1. The summed E-state index contributed by atoms with van der Waals surface area (Å²) in [6, 6.07) is 8.96. The molecule has 0 spiro atoms. The van der Waals surface area contributed by atoms with Crippen molar-refractivity contribution in [2.24, 2.45) is 0 Å². The number of nitrogens with one attached hydrogen (secondary N) is 1. The summed E-state index contributed by atoms with van der Waals surface area (Å²) < 4.78 is 4.54. The van der Waals surface area contributed by atoms with E-state index >= 15 is 0 Å². The molecule has 1 N–H and O–H groups in total. The van der Waals surface area contributed by atoms with Crippen molar-refractivity contribution in [3.63, 3.8) is 0 Å². The molecule has 2 rings (SSSR count). The molecule has 3 nitrogen and oxygen atoms in total. The van der Waals surface area contributed by atoms with Crippen molar-refractivity contribution in [2.75, 3.05) is 7.05 Å². The van der Waals surface area contributed by atoms with E-state index in [-0.39, 0.29) is 0 Å². The largest absolute Gasteiger partial charge is 0.313 e. The van der Waals surface area contributed by atoms with Gasteiger partial charge in [0.25, 0.3) is 0 Å². The van der Waals surface area contributed by atoms with Gasteiger partial charge in [0.1, 0.15) is 0 Å². The van der Waals surface area contributed by atoms with Crippen LogP contribution in [0.1, 0.15) is 36.8 Å². The fourth-order valence-corrected chi connectivity index (χ4v) is 3.81. The molecule has 0 amide bonds. The number of likely N-dealkylation sites (N-methyl/N-ethyl adjacent to an activating group) is 1. The predicted molar refractivity (Wildman–Crippen MR) is 99.6 cm³/mol. The highest BCUT2D eigenvalue weighted by Gasteiger charge is 2.19. The summed E-state index contributed by atoms with van der Waals surface area (Å²) in [5.74, 6) is 0. The van der Waals surface area contributed by atoms with Crippen molar-refractivity contribution >= 4 is 38.5 Å². The highest BCUT2D eigenvalue weighted by Crippen LogP contribution is 2.27. The maximum atomic E-state index is 4.69. The number of hydrogen-bond acceptors (Lipinski definition) is 2. The van der Waals surface area contributed by atoms with Gasteiger partial charge in [-0.2, -0.15) is 5.10 Å². The zero-order chi connectivity index (χ0) is 15.4. The topological polar surface area (TPSA) is 29.9 Å². The van der Waals surface area contributed by atoms with Crippen LogP contribution in [0.5, 0.6) is 0 Å². The highest BCUT2D eigenvalue weighted by atomic mass is 127. The van der Waals surface area contributed by atoms with E-state index in [2.05, 4.69) is 91.7 Å². The van der Waals surface area contributed by atoms with Gasteiger partial charge in [-0.15, -0.1) is 0 Å². The van der Waals surface area contributed by atoms with Crippen LogP contribution in [-0.4, -0.2) is 16.8 Å². The Hall–Kier alpha value is -0.400. The van der Waals surface area contributed by atoms with Crippen LogP contribution in [0.15, 0.2) is 28.7 Å². The first-order valence-corrected chi connectivity index (χ1v) is 9.14. The Morgan fingerprint density at radius 1 is 1.38 bits per heavy atom. The maximum absolute atomic E-state index is 4.69. The first kappa shape index (κ1) is 17.0. The van der Waals surface area contributed by atoms with E-state index in [1.807, 2.05) is 7.05 Å². The van der Waals surface area contributed by atoms with Crippen molar-refractivity contribution in [3.05, 3.63) is 49.3 Å². The van der Waals surface area contributed by atoms with E-state index in [4.69, 9.17) is 0 Å². The Balaban J connectivity index is 2.32. The lowest BCUT2D eigenvalue weighted by atomic mass is 10.0. The maximum Gasteiger partial charge on any atom is 0.0766 e. The molecular formula is C16H21BrIN3. The molecule has 5 heteroatoms. The van der Waals surface area contributed by atoms with Crippen LogP contribution in [0.2, 0.25) is 0 Å². The Labute approximate surface area is 148 Å². The fraction of sp³-hybridized carbons (Fsp3) is 0.438. The van der Waals surface area contributed by atoms with E-state index in [1.54, 1.807) is 0 Å². The van der Waals surface area contributed by atoms with Crippen molar-refractivity contribution in [3.8, 4) is 0 Å². The van der Waals surface area contributed by atoms with Crippen LogP contribution >= 0.6 is 38.5 Å². The standard InChI is InChI=1S/C16H21BrIN3/c1-4-13-16(17)15(21(5-2)20-13)10-14(19-3)11-7-6-8-12(18)9-11/h6-9,14,19H,4-5,10H2,1-3H3. The highest BCUT2D eigenvalue weighted by molar-refractivity contribution is 14.1. The predicted octanol–water partition coefficient (Wildman–Crippen LogP) is 4.34. The quantitative estimate of drug-likeness (QED) is 0.648. The number of nitrogens with zero attached hydrogens (tertiary/aromatic N) is 2. The smallest absolute Gasteiger partial charge is 0.0766 e. The minimum Gasteiger partial charge on any atom is -0.313 e. The normalized spacial score (nSPS) is 12.6. The summed E-state index contributed by atoms with van der Waals surface area (Å²) in [6.45, 7) is 5.19. The fourth-order valence-electron chi connectivity index (χ4n) is 2.52. The molecule has 21 heavy (non-hydrogen) atoms. The molecule has 2 aromatic rings. The van der Waals surface area contributed by atoms with Gasteiger partial charge in [-0.05, 0) is 76.6 Å². The second-order valence-corrected chi connectivity index (χ2v) is 7.02. The van der Waals surface area contributed by atoms with Gasteiger partial charge in [-0.25, -0.2) is 0 Å². The average molecular weight is 462 g/mol. The molecule has 1 aromatic heterocycles. The minimum atomic E-state index is 0.294. The Morgan fingerprint density at radius 3 is 2.71 bits per heavy atom. The van der Waals surface area contributed by atoms with Crippen molar-refractivity contribution in [1.29, 1.82) is 0 Å². The number of halogens is 2. The van der Waals surface area contributed by atoms with Gasteiger partial charge in [-0.3, -0.25) is 4.68 Å². The SMILES string of the molecule is CCc1nn(CC)c(CC(NC)c2cccc(I)c2)c1Br. The molecule has 1 unspecified atom stereocenters. The Morgan fingerprint density at radius 2 is 2.14 bits per heavy atom. The van der Waals surface area contributed by atoms with E-state index in [9.17, 15) is 0 Å². The van der Waals surface area contributed by atoms with Gasteiger partial charge in [0.2, 0.25) is 0 Å². The molecule has 0 saturated carbocycles. The monoisotopic (exact) mass is 461 g/mol. The molecular weight excluding hydrogens is 441 g/mol. The molecule has 0 aliphatic heterocycles. The summed E-state index contributed by atoms with van der Waals surface area (Å²) in [4.78, 5) is 0. The third-order valence-electron chi connectivity index (χ3n) is 3.69. The van der Waals surface area contributed by atoms with Gasteiger partial charge in [0.05, 0.1) is 15.9 Å². The Bertz CT molecular complexity index is 610. The molecule has 1 aromatic carbocycles. The molecule has 1 atom stereocenters.